The third-order valence-electron chi connectivity index (χ3n) is 5.66. The van der Waals surface area contributed by atoms with Crippen molar-refractivity contribution in [3.63, 3.8) is 0 Å². The number of fused-ring (bicyclic) bond motifs is 3. The first kappa shape index (κ1) is 19.2. The summed E-state index contributed by atoms with van der Waals surface area (Å²) in [5.41, 5.74) is 1.76. The fourth-order valence-electron chi connectivity index (χ4n) is 4.31. The summed E-state index contributed by atoms with van der Waals surface area (Å²) in [6.07, 6.45) is 0. The summed E-state index contributed by atoms with van der Waals surface area (Å²) < 4.78 is 11.1. The zero-order valence-corrected chi connectivity index (χ0v) is 16.0. The van der Waals surface area contributed by atoms with Crippen LogP contribution in [0.2, 0.25) is 0 Å². The number of ether oxygens (including phenoxy) is 2. The number of hydrogen-bond acceptors (Lipinski definition) is 6. The highest BCUT2D eigenvalue weighted by molar-refractivity contribution is 5.95. The maximum absolute atomic E-state index is 13.2. The summed E-state index contributed by atoms with van der Waals surface area (Å²) in [5.74, 6) is -0.716. The van der Waals surface area contributed by atoms with Crippen LogP contribution >= 0.6 is 0 Å². The molecule has 3 fully saturated rings. The molecule has 0 unspecified atom stereocenters. The Morgan fingerprint density at radius 2 is 1.75 bits per heavy atom. The number of carboxylic acids is 1. The van der Waals surface area contributed by atoms with Gasteiger partial charge in [0.25, 0.3) is 5.91 Å². The lowest BCUT2D eigenvalue weighted by molar-refractivity contribution is -0.138. The van der Waals surface area contributed by atoms with Gasteiger partial charge >= 0.3 is 5.97 Å². The van der Waals surface area contributed by atoms with E-state index in [0.717, 1.165) is 32.0 Å². The van der Waals surface area contributed by atoms with Crippen LogP contribution in [0.1, 0.15) is 10.4 Å². The average molecular weight is 389 g/mol. The van der Waals surface area contributed by atoms with Crippen LogP contribution in [0, 0.1) is 5.92 Å². The Kier molecular flexibility index (Phi) is 5.79. The maximum atomic E-state index is 13.2. The minimum atomic E-state index is -0.836. The van der Waals surface area contributed by atoms with Crippen molar-refractivity contribution in [3.05, 3.63) is 29.8 Å². The molecule has 3 heterocycles. The Morgan fingerprint density at radius 3 is 2.46 bits per heavy atom. The smallest absolute Gasteiger partial charge is 0.317 e. The van der Waals surface area contributed by atoms with Gasteiger partial charge in [0, 0.05) is 49.9 Å². The fraction of sp³-hybridized carbons (Fsp3) is 0.600. The largest absolute Gasteiger partial charge is 0.480 e. The summed E-state index contributed by atoms with van der Waals surface area (Å²) in [5, 5.41) is 9.14. The van der Waals surface area contributed by atoms with Crippen molar-refractivity contribution in [1.82, 2.24) is 9.80 Å². The van der Waals surface area contributed by atoms with Gasteiger partial charge in [0.1, 0.15) is 0 Å². The molecule has 0 spiro atoms. The van der Waals surface area contributed by atoms with Crippen LogP contribution in [-0.2, 0) is 14.3 Å². The Morgan fingerprint density at radius 1 is 1.00 bits per heavy atom. The number of hydrogen-bond donors (Lipinski definition) is 1. The highest BCUT2D eigenvalue weighted by Gasteiger charge is 2.36. The first-order chi connectivity index (χ1) is 13.6. The molecular formula is C20H27N3O5. The number of carbonyl (C=O) groups is 2. The lowest BCUT2D eigenvalue weighted by atomic mass is 10.1. The number of rotatable bonds is 4. The van der Waals surface area contributed by atoms with Gasteiger partial charge in [0.15, 0.2) is 0 Å². The molecule has 1 aromatic carbocycles. The normalized spacial score (nSPS) is 26.0. The second-order valence-electron chi connectivity index (χ2n) is 7.75. The Hall–Kier alpha value is -2.16. The predicted molar refractivity (Wildman–Crippen MR) is 103 cm³/mol. The van der Waals surface area contributed by atoms with Crippen molar-refractivity contribution in [3.8, 4) is 0 Å². The number of carbonyl (C=O) groups excluding carboxylic acids is 1. The van der Waals surface area contributed by atoms with Crippen molar-refractivity contribution in [1.29, 1.82) is 0 Å². The number of amides is 1. The molecule has 0 saturated carbocycles. The van der Waals surface area contributed by atoms with Gasteiger partial charge in [-0.15, -0.1) is 0 Å². The Bertz CT molecular complexity index is 704. The van der Waals surface area contributed by atoms with Gasteiger partial charge < -0.3 is 24.4 Å². The Balaban J connectivity index is 1.48. The van der Waals surface area contributed by atoms with E-state index in [2.05, 4.69) is 4.90 Å². The monoisotopic (exact) mass is 389 g/mol. The molecule has 0 aliphatic carbocycles. The van der Waals surface area contributed by atoms with Gasteiger partial charge in [-0.1, -0.05) is 0 Å². The number of nitrogens with zero attached hydrogens (tertiary/aromatic N) is 3. The molecule has 2 atom stereocenters. The van der Waals surface area contributed by atoms with Crippen LogP contribution < -0.4 is 4.90 Å². The van der Waals surface area contributed by atoms with Gasteiger partial charge in [0.2, 0.25) is 0 Å². The van der Waals surface area contributed by atoms with Crippen molar-refractivity contribution in [2.45, 2.75) is 6.04 Å². The predicted octanol–water partition coefficient (Wildman–Crippen LogP) is 0.381. The van der Waals surface area contributed by atoms with E-state index < -0.39 is 5.97 Å². The lowest BCUT2D eigenvalue weighted by Gasteiger charge is -2.31. The van der Waals surface area contributed by atoms with Crippen molar-refractivity contribution < 1.29 is 24.2 Å². The van der Waals surface area contributed by atoms with E-state index in [-0.39, 0.29) is 24.4 Å². The highest BCUT2D eigenvalue weighted by atomic mass is 16.5. The third kappa shape index (κ3) is 4.29. The van der Waals surface area contributed by atoms with Gasteiger partial charge in [-0.25, -0.2) is 0 Å². The summed E-state index contributed by atoms with van der Waals surface area (Å²) in [7, 11) is 0. The van der Waals surface area contributed by atoms with Crippen molar-refractivity contribution in [2.24, 2.45) is 5.92 Å². The first-order valence-electron chi connectivity index (χ1n) is 9.86. The highest BCUT2D eigenvalue weighted by Crippen LogP contribution is 2.23. The van der Waals surface area contributed by atoms with E-state index in [1.54, 1.807) is 0 Å². The van der Waals surface area contributed by atoms with Crippen LogP contribution in [0.15, 0.2) is 24.3 Å². The van der Waals surface area contributed by atoms with Gasteiger partial charge in [-0.05, 0) is 24.3 Å². The molecule has 2 bridgehead atoms. The quantitative estimate of drug-likeness (QED) is 0.797. The van der Waals surface area contributed by atoms with Gasteiger partial charge in [-0.3, -0.25) is 14.5 Å². The molecule has 8 heteroatoms. The zero-order valence-electron chi connectivity index (χ0n) is 16.0. The average Bonchev–Trinajstić information content (AvgIpc) is 2.98. The lowest BCUT2D eigenvalue weighted by Crippen LogP contribution is -2.47. The van der Waals surface area contributed by atoms with E-state index in [0.29, 0.717) is 38.4 Å². The zero-order chi connectivity index (χ0) is 19.5. The number of anilines is 1. The summed E-state index contributed by atoms with van der Waals surface area (Å²) >= 11 is 0. The van der Waals surface area contributed by atoms with Crippen molar-refractivity contribution >= 4 is 17.6 Å². The number of aliphatic carboxylic acids is 1. The van der Waals surface area contributed by atoms with E-state index in [1.807, 2.05) is 34.1 Å². The van der Waals surface area contributed by atoms with Crippen LogP contribution in [-0.4, -0.2) is 98.5 Å². The third-order valence-corrected chi connectivity index (χ3v) is 5.66. The SMILES string of the molecule is O=C(O)CN1C[C@@H]2COC[C@H](C1)N(C(=O)c1ccc(N3CCOCC3)cc1)C2. The summed E-state index contributed by atoms with van der Waals surface area (Å²) in [4.78, 5) is 30.4. The van der Waals surface area contributed by atoms with E-state index in [9.17, 15) is 9.59 Å². The minimum absolute atomic E-state index is 0.00325. The number of carboxylic acid groups (broad SMARTS) is 1. The molecule has 0 aromatic heterocycles. The molecule has 3 aliphatic rings. The topological polar surface area (TPSA) is 82.5 Å². The van der Waals surface area contributed by atoms with Crippen molar-refractivity contribution in [2.75, 3.05) is 70.6 Å². The molecule has 1 N–H and O–H groups in total. The number of morpholine rings is 1. The van der Waals surface area contributed by atoms with Crippen LogP contribution in [0.5, 0.6) is 0 Å². The molecule has 4 rings (SSSR count). The van der Waals surface area contributed by atoms with Crippen LogP contribution in [0.3, 0.4) is 0 Å². The van der Waals surface area contributed by atoms with Crippen LogP contribution in [0.4, 0.5) is 5.69 Å². The van der Waals surface area contributed by atoms with E-state index >= 15 is 0 Å². The van der Waals surface area contributed by atoms with E-state index in [4.69, 9.17) is 14.6 Å². The number of benzene rings is 1. The summed E-state index contributed by atoms with van der Waals surface area (Å²) in [6.45, 7) is 5.96. The van der Waals surface area contributed by atoms with Gasteiger partial charge in [-0.2, -0.15) is 0 Å². The first-order valence-corrected chi connectivity index (χ1v) is 9.86. The molecular weight excluding hydrogens is 362 g/mol. The molecule has 3 saturated heterocycles. The molecule has 3 aliphatic heterocycles. The molecule has 1 aromatic rings. The van der Waals surface area contributed by atoms with Crippen LogP contribution in [0.25, 0.3) is 0 Å². The van der Waals surface area contributed by atoms with E-state index in [1.165, 1.54) is 0 Å². The molecule has 152 valence electrons. The minimum Gasteiger partial charge on any atom is -0.480 e. The fourth-order valence-corrected chi connectivity index (χ4v) is 4.31. The molecule has 0 radical (unpaired) electrons. The standard InChI is InChI=1S/C20H27N3O5/c24-19(25)12-21-9-15-10-23(18(11-21)14-28-13-15)20(26)16-1-3-17(4-2-16)22-5-7-27-8-6-22/h1-4,15,18H,5-14H2,(H,24,25)/t15-,18-/m0/s1. The molecule has 28 heavy (non-hydrogen) atoms. The van der Waals surface area contributed by atoms with Gasteiger partial charge in [0.05, 0.1) is 39.0 Å². The summed E-state index contributed by atoms with van der Waals surface area (Å²) in [6, 6.07) is 7.64. The maximum Gasteiger partial charge on any atom is 0.317 e. The second-order valence-corrected chi connectivity index (χ2v) is 7.75. The molecule has 1 amide bonds. The second kappa shape index (κ2) is 8.46. The molecule has 8 nitrogen and oxygen atoms in total. The Labute approximate surface area is 164 Å².